The number of rotatable bonds is 9. The minimum absolute atomic E-state index is 0.202. The average Bonchev–Trinajstić information content (AvgIpc) is 3.67. The van der Waals surface area contributed by atoms with Crippen LogP contribution in [0.15, 0.2) is 24.5 Å². The van der Waals surface area contributed by atoms with Crippen LogP contribution in [0.1, 0.15) is 18.4 Å². The van der Waals surface area contributed by atoms with Gasteiger partial charge in [0.05, 0.1) is 35.4 Å². The second-order valence-corrected chi connectivity index (χ2v) is 11.6. The number of nitrogens with zero attached hydrogens (tertiary/aromatic N) is 5. The highest BCUT2D eigenvalue weighted by Crippen LogP contribution is 2.35. The molecule has 1 aromatic carbocycles. The van der Waals surface area contributed by atoms with E-state index in [-0.39, 0.29) is 11.9 Å². The van der Waals surface area contributed by atoms with Gasteiger partial charge in [-0.05, 0) is 30.5 Å². The molecule has 1 saturated heterocycles. The van der Waals surface area contributed by atoms with Crippen LogP contribution in [0.5, 0.6) is 5.75 Å². The Morgan fingerprint density at radius 2 is 1.94 bits per heavy atom. The lowest BCUT2D eigenvalue weighted by molar-refractivity contribution is 0.281. The summed E-state index contributed by atoms with van der Waals surface area (Å²) in [4.78, 5) is 11.6. The summed E-state index contributed by atoms with van der Waals surface area (Å²) in [6.07, 6.45) is 5.25. The summed E-state index contributed by atoms with van der Waals surface area (Å²) in [5, 5.41) is 13.5. The lowest BCUT2D eigenvalue weighted by atomic mass is 10.1. The van der Waals surface area contributed by atoms with Crippen LogP contribution in [0.25, 0.3) is 17.0 Å². The molecule has 0 bridgehead atoms. The van der Waals surface area contributed by atoms with Crippen molar-refractivity contribution in [3.63, 3.8) is 0 Å². The standard InChI is InChI=1S/C23H30ClN7O4S/c1-35-21-10-15(14-32)17(11-18(21)24)19-12-30-13-20(26-5-4-25)22(28-23(30)27-19)29-6-8-31(9-7-29)36(33,34)16-2-3-16/h10-13,16,26,32H,2-9,14,25H2,1H3. The minimum atomic E-state index is -3.20. The van der Waals surface area contributed by atoms with Crippen molar-refractivity contribution in [1.29, 1.82) is 0 Å². The van der Waals surface area contributed by atoms with Crippen molar-refractivity contribution in [3.8, 4) is 17.0 Å². The van der Waals surface area contributed by atoms with Crippen molar-refractivity contribution >= 4 is 38.9 Å². The number of piperazine rings is 1. The van der Waals surface area contributed by atoms with E-state index in [2.05, 4.69) is 10.2 Å². The molecule has 36 heavy (non-hydrogen) atoms. The van der Waals surface area contributed by atoms with Gasteiger partial charge in [-0.3, -0.25) is 4.40 Å². The summed E-state index contributed by atoms with van der Waals surface area (Å²) in [7, 11) is -1.68. The van der Waals surface area contributed by atoms with Crippen LogP contribution >= 0.6 is 11.6 Å². The van der Waals surface area contributed by atoms with Gasteiger partial charge in [-0.2, -0.15) is 9.29 Å². The van der Waals surface area contributed by atoms with Gasteiger partial charge in [0, 0.05) is 57.2 Å². The third kappa shape index (κ3) is 4.71. The fraction of sp³-hybridized carbons (Fsp3) is 0.478. The van der Waals surface area contributed by atoms with Crippen molar-refractivity contribution in [2.45, 2.75) is 24.7 Å². The van der Waals surface area contributed by atoms with Gasteiger partial charge in [0.15, 0.2) is 5.82 Å². The van der Waals surface area contributed by atoms with E-state index >= 15 is 0 Å². The highest BCUT2D eigenvalue weighted by atomic mass is 35.5. The fourth-order valence-corrected chi connectivity index (χ4v) is 6.53. The molecule has 1 aliphatic heterocycles. The zero-order valence-electron chi connectivity index (χ0n) is 20.0. The molecule has 11 nitrogen and oxygen atoms in total. The SMILES string of the molecule is COc1cc(CO)c(-c2cn3cc(NCCN)c(N4CCN(S(=O)(=O)C5CC5)CC4)nc3n2)cc1Cl. The number of aromatic nitrogens is 3. The van der Waals surface area contributed by atoms with Gasteiger partial charge in [0.2, 0.25) is 15.8 Å². The number of hydrogen-bond acceptors (Lipinski definition) is 9. The first-order chi connectivity index (χ1) is 17.3. The van der Waals surface area contributed by atoms with Gasteiger partial charge in [-0.15, -0.1) is 0 Å². The number of fused-ring (bicyclic) bond motifs is 1. The van der Waals surface area contributed by atoms with Crippen LogP contribution in [-0.4, -0.2) is 83.8 Å². The molecule has 4 N–H and O–H groups in total. The number of anilines is 2. The predicted octanol–water partition coefficient (Wildman–Crippen LogP) is 1.54. The highest BCUT2D eigenvalue weighted by molar-refractivity contribution is 7.90. The lowest BCUT2D eigenvalue weighted by Crippen LogP contribution is -2.50. The molecule has 2 fully saturated rings. The number of halogens is 1. The number of methoxy groups -OCH3 is 1. The summed E-state index contributed by atoms with van der Waals surface area (Å²) >= 11 is 6.35. The molecule has 5 rings (SSSR count). The number of hydrogen-bond donors (Lipinski definition) is 3. The molecule has 13 heteroatoms. The number of aliphatic hydroxyl groups excluding tert-OH is 1. The van der Waals surface area contributed by atoms with Crippen molar-refractivity contribution in [3.05, 3.63) is 35.1 Å². The number of nitrogens with one attached hydrogen (secondary N) is 1. The van der Waals surface area contributed by atoms with Crippen molar-refractivity contribution in [1.82, 2.24) is 18.7 Å². The minimum Gasteiger partial charge on any atom is -0.495 e. The van der Waals surface area contributed by atoms with E-state index in [4.69, 9.17) is 32.0 Å². The third-order valence-corrected chi connectivity index (χ3v) is 9.25. The van der Waals surface area contributed by atoms with E-state index in [0.717, 1.165) is 18.5 Å². The number of imidazole rings is 1. The molecule has 0 spiro atoms. The summed E-state index contributed by atoms with van der Waals surface area (Å²) in [6.45, 7) is 2.71. The molecule has 1 saturated carbocycles. The first-order valence-electron chi connectivity index (χ1n) is 11.9. The van der Waals surface area contributed by atoms with E-state index in [1.165, 1.54) is 7.11 Å². The van der Waals surface area contributed by atoms with E-state index in [1.54, 1.807) is 16.4 Å². The average molecular weight is 536 g/mol. The molecule has 0 atom stereocenters. The molecule has 2 aromatic heterocycles. The quantitative estimate of drug-likeness (QED) is 0.372. The number of aliphatic hydroxyl groups is 1. The van der Waals surface area contributed by atoms with Crippen LogP contribution < -0.4 is 20.7 Å². The molecule has 0 amide bonds. The first-order valence-corrected chi connectivity index (χ1v) is 13.8. The molecule has 194 valence electrons. The van der Waals surface area contributed by atoms with E-state index in [1.807, 2.05) is 16.8 Å². The molecule has 0 unspecified atom stereocenters. The maximum atomic E-state index is 12.6. The van der Waals surface area contributed by atoms with Gasteiger partial charge in [0.25, 0.3) is 0 Å². The van der Waals surface area contributed by atoms with Gasteiger partial charge in [-0.1, -0.05) is 11.6 Å². The Bertz CT molecular complexity index is 1370. The van der Waals surface area contributed by atoms with E-state index < -0.39 is 10.0 Å². The van der Waals surface area contributed by atoms with Gasteiger partial charge in [-0.25, -0.2) is 13.4 Å². The van der Waals surface area contributed by atoms with Crippen LogP contribution in [-0.2, 0) is 16.6 Å². The van der Waals surface area contributed by atoms with Crippen molar-refractivity contribution in [2.24, 2.45) is 5.73 Å². The number of benzene rings is 1. The van der Waals surface area contributed by atoms with Gasteiger partial charge in [0.1, 0.15) is 5.75 Å². The predicted molar refractivity (Wildman–Crippen MR) is 139 cm³/mol. The lowest BCUT2D eigenvalue weighted by Gasteiger charge is -2.35. The zero-order valence-corrected chi connectivity index (χ0v) is 21.6. The highest BCUT2D eigenvalue weighted by Gasteiger charge is 2.41. The summed E-state index contributed by atoms with van der Waals surface area (Å²) < 4.78 is 34.0. The Labute approximate surface area is 214 Å². The Kier molecular flexibility index (Phi) is 6.97. The normalized spacial score (nSPS) is 17.1. The van der Waals surface area contributed by atoms with Crippen molar-refractivity contribution in [2.75, 3.05) is 56.6 Å². The second kappa shape index (κ2) is 10.0. The Morgan fingerprint density at radius 3 is 2.58 bits per heavy atom. The van der Waals surface area contributed by atoms with Crippen LogP contribution in [0.4, 0.5) is 11.5 Å². The summed E-state index contributed by atoms with van der Waals surface area (Å²) in [6, 6.07) is 3.42. The summed E-state index contributed by atoms with van der Waals surface area (Å²) in [5.41, 5.74) is 8.44. The zero-order chi connectivity index (χ0) is 25.4. The van der Waals surface area contributed by atoms with Crippen LogP contribution in [0, 0.1) is 0 Å². The van der Waals surface area contributed by atoms with Crippen molar-refractivity contribution < 1.29 is 18.3 Å². The fourth-order valence-electron chi connectivity index (χ4n) is 4.47. The van der Waals surface area contributed by atoms with Gasteiger partial charge >= 0.3 is 0 Å². The largest absolute Gasteiger partial charge is 0.495 e. The Balaban J connectivity index is 1.48. The maximum Gasteiger partial charge on any atom is 0.236 e. The van der Waals surface area contributed by atoms with Crippen LogP contribution in [0.2, 0.25) is 5.02 Å². The number of nitrogens with two attached hydrogens (primary N) is 1. The third-order valence-electron chi connectivity index (χ3n) is 6.56. The molecule has 2 aliphatic rings. The first kappa shape index (κ1) is 25.0. The molecule has 3 heterocycles. The van der Waals surface area contributed by atoms with Gasteiger partial charge < -0.3 is 25.8 Å². The molecule has 1 aliphatic carbocycles. The summed E-state index contributed by atoms with van der Waals surface area (Å²) in [5.74, 6) is 1.65. The Morgan fingerprint density at radius 1 is 1.19 bits per heavy atom. The molecular formula is C23H30ClN7O4S. The topological polar surface area (TPSA) is 138 Å². The number of sulfonamides is 1. The molecule has 3 aromatic rings. The monoisotopic (exact) mass is 535 g/mol. The van der Waals surface area contributed by atoms with E-state index in [9.17, 15) is 13.5 Å². The van der Waals surface area contributed by atoms with Crippen LogP contribution in [0.3, 0.4) is 0 Å². The number of ether oxygens (including phenoxy) is 1. The maximum absolute atomic E-state index is 12.6. The van der Waals surface area contributed by atoms with E-state index in [0.29, 0.717) is 78.5 Å². The second-order valence-electron chi connectivity index (χ2n) is 8.96. The smallest absolute Gasteiger partial charge is 0.236 e. The Hall–Kier alpha value is -2.64. The molecular weight excluding hydrogens is 506 g/mol. The molecule has 0 radical (unpaired) electrons.